The van der Waals surface area contributed by atoms with Gasteiger partial charge in [-0.1, -0.05) is 34.1 Å². The van der Waals surface area contributed by atoms with Gasteiger partial charge in [0, 0.05) is 53.6 Å². The van der Waals surface area contributed by atoms with Gasteiger partial charge in [-0.3, -0.25) is 4.98 Å². The molecule has 4 rings (SSSR count). The van der Waals surface area contributed by atoms with Crippen LogP contribution in [0.3, 0.4) is 0 Å². The molecule has 1 aliphatic heterocycles. The molecule has 0 aliphatic carbocycles. The van der Waals surface area contributed by atoms with Crippen LogP contribution in [-0.2, 0) is 0 Å². The molecule has 116 valence electrons. The molecule has 0 amide bonds. The second-order valence-electron chi connectivity index (χ2n) is 5.80. The Kier molecular flexibility index (Phi) is 3.92. The molecule has 0 N–H and O–H groups in total. The molecule has 3 nitrogen and oxygen atoms in total. The smallest absolute Gasteiger partial charge is 0.0723 e. The van der Waals surface area contributed by atoms with Crippen molar-refractivity contribution in [2.45, 2.75) is 0 Å². The largest absolute Gasteiger partial charge is 0.368 e. The molecular formula is C19H18BrN3. The number of rotatable bonds is 2. The van der Waals surface area contributed by atoms with Gasteiger partial charge in [0.2, 0.25) is 0 Å². The maximum absolute atomic E-state index is 4.48. The van der Waals surface area contributed by atoms with Crippen LogP contribution in [0.2, 0.25) is 0 Å². The fraction of sp³-hybridized carbons (Fsp3) is 0.211. The Morgan fingerprint density at radius 3 is 2.35 bits per heavy atom. The highest BCUT2D eigenvalue weighted by atomic mass is 79.9. The Morgan fingerprint density at radius 1 is 0.826 bits per heavy atom. The highest BCUT2D eigenvalue weighted by Gasteiger charge is 2.19. The maximum Gasteiger partial charge on any atom is 0.0723 e. The fourth-order valence-corrected chi connectivity index (χ4v) is 3.59. The lowest BCUT2D eigenvalue weighted by molar-refractivity contribution is 0.655. The minimum absolute atomic E-state index is 1.03. The molecule has 0 saturated carbocycles. The van der Waals surface area contributed by atoms with E-state index in [-0.39, 0.29) is 0 Å². The number of hydrogen-bond donors (Lipinski definition) is 0. The third kappa shape index (κ3) is 2.91. The number of pyridine rings is 1. The van der Waals surface area contributed by atoms with E-state index in [0.717, 1.165) is 36.2 Å². The van der Waals surface area contributed by atoms with E-state index < -0.39 is 0 Å². The molecule has 0 unspecified atom stereocenters. The van der Waals surface area contributed by atoms with Crippen molar-refractivity contribution in [1.82, 2.24) is 4.98 Å². The number of piperazine rings is 1. The summed E-state index contributed by atoms with van der Waals surface area (Å²) in [5.41, 5.74) is 3.65. The number of para-hydroxylation sites is 1. The van der Waals surface area contributed by atoms with Gasteiger partial charge in [-0.2, -0.15) is 0 Å². The summed E-state index contributed by atoms with van der Waals surface area (Å²) in [6.45, 7) is 4.14. The summed E-state index contributed by atoms with van der Waals surface area (Å²) >= 11 is 3.58. The Labute approximate surface area is 144 Å². The molecule has 1 aliphatic rings. The van der Waals surface area contributed by atoms with Gasteiger partial charge in [-0.15, -0.1) is 0 Å². The zero-order chi connectivity index (χ0) is 15.6. The second-order valence-corrected chi connectivity index (χ2v) is 6.72. The highest BCUT2D eigenvalue weighted by Crippen LogP contribution is 2.29. The molecule has 2 heterocycles. The first kappa shape index (κ1) is 14.5. The Bertz CT molecular complexity index is 811. The van der Waals surface area contributed by atoms with Crippen molar-refractivity contribution in [2.75, 3.05) is 36.0 Å². The highest BCUT2D eigenvalue weighted by molar-refractivity contribution is 9.10. The van der Waals surface area contributed by atoms with Crippen LogP contribution in [0.1, 0.15) is 0 Å². The van der Waals surface area contributed by atoms with E-state index in [0.29, 0.717) is 0 Å². The van der Waals surface area contributed by atoms with Crippen LogP contribution in [0.5, 0.6) is 0 Å². The summed E-state index contributed by atoms with van der Waals surface area (Å²) < 4.78 is 1.10. The molecule has 2 aromatic carbocycles. The molecule has 1 fully saturated rings. The minimum Gasteiger partial charge on any atom is -0.368 e. The van der Waals surface area contributed by atoms with E-state index in [1.165, 1.54) is 16.8 Å². The topological polar surface area (TPSA) is 19.4 Å². The Morgan fingerprint density at radius 2 is 1.57 bits per heavy atom. The van der Waals surface area contributed by atoms with Crippen molar-refractivity contribution < 1.29 is 0 Å². The van der Waals surface area contributed by atoms with Crippen molar-refractivity contribution in [2.24, 2.45) is 0 Å². The van der Waals surface area contributed by atoms with Gasteiger partial charge in [0.15, 0.2) is 0 Å². The summed E-state index contributed by atoms with van der Waals surface area (Å²) in [7, 11) is 0. The van der Waals surface area contributed by atoms with Crippen LogP contribution >= 0.6 is 15.9 Å². The first-order valence-electron chi connectivity index (χ1n) is 7.90. The van der Waals surface area contributed by atoms with E-state index in [4.69, 9.17) is 0 Å². The van der Waals surface area contributed by atoms with E-state index in [2.05, 4.69) is 79.2 Å². The minimum atomic E-state index is 1.03. The molecule has 1 saturated heterocycles. The third-order valence-corrected chi connectivity index (χ3v) is 4.92. The third-order valence-electron chi connectivity index (χ3n) is 4.42. The van der Waals surface area contributed by atoms with Gasteiger partial charge in [0.05, 0.1) is 5.52 Å². The number of hydrogen-bond acceptors (Lipinski definition) is 3. The quantitative estimate of drug-likeness (QED) is 0.672. The van der Waals surface area contributed by atoms with Crippen molar-refractivity contribution in [3.05, 3.63) is 65.3 Å². The van der Waals surface area contributed by atoms with E-state index in [9.17, 15) is 0 Å². The molecule has 1 aromatic heterocycles. The van der Waals surface area contributed by atoms with Gasteiger partial charge in [0.1, 0.15) is 0 Å². The predicted octanol–water partition coefficient (Wildman–Crippen LogP) is 4.32. The lowest BCUT2D eigenvalue weighted by atomic mass is 10.1. The lowest BCUT2D eigenvalue weighted by Gasteiger charge is -2.37. The van der Waals surface area contributed by atoms with Crippen molar-refractivity contribution >= 4 is 38.2 Å². The maximum atomic E-state index is 4.48. The van der Waals surface area contributed by atoms with Crippen molar-refractivity contribution in [3.8, 4) is 0 Å². The Balaban J connectivity index is 1.58. The lowest BCUT2D eigenvalue weighted by Crippen LogP contribution is -2.46. The standard InChI is InChI=1S/C19H18BrN3/c20-15-6-7-18-17(14-15)19(8-9-21-18)23-12-10-22(11-13-23)16-4-2-1-3-5-16/h1-9,14H,10-13H2. The first-order chi connectivity index (χ1) is 11.3. The van der Waals surface area contributed by atoms with Gasteiger partial charge >= 0.3 is 0 Å². The summed E-state index contributed by atoms with van der Waals surface area (Å²) in [4.78, 5) is 9.40. The fourth-order valence-electron chi connectivity index (χ4n) is 3.22. The number of halogens is 1. The van der Waals surface area contributed by atoms with Crippen LogP contribution in [-0.4, -0.2) is 31.2 Å². The molecule has 3 aromatic rings. The zero-order valence-corrected chi connectivity index (χ0v) is 14.4. The van der Waals surface area contributed by atoms with E-state index in [1.54, 1.807) is 0 Å². The summed E-state index contributed by atoms with van der Waals surface area (Å²) in [6.07, 6.45) is 1.91. The number of benzene rings is 2. The SMILES string of the molecule is Brc1ccc2nccc(N3CCN(c4ccccc4)CC3)c2c1. The van der Waals surface area contributed by atoms with Crippen LogP contribution in [0, 0.1) is 0 Å². The average Bonchev–Trinajstić information content (AvgIpc) is 2.62. The van der Waals surface area contributed by atoms with Crippen LogP contribution in [0.4, 0.5) is 11.4 Å². The number of fused-ring (bicyclic) bond motifs is 1. The Hall–Kier alpha value is -2.07. The van der Waals surface area contributed by atoms with Gasteiger partial charge in [0.25, 0.3) is 0 Å². The zero-order valence-electron chi connectivity index (χ0n) is 12.8. The summed E-state index contributed by atoms with van der Waals surface area (Å²) in [5, 5.41) is 1.22. The average molecular weight is 368 g/mol. The van der Waals surface area contributed by atoms with Gasteiger partial charge < -0.3 is 9.80 Å². The number of nitrogens with zero attached hydrogens (tertiary/aromatic N) is 3. The second kappa shape index (κ2) is 6.20. The molecule has 0 spiro atoms. The first-order valence-corrected chi connectivity index (χ1v) is 8.70. The predicted molar refractivity (Wildman–Crippen MR) is 100 cm³/mol. The number of aromatic nitrogens is 1. The van der Waals surface area contributed by atoms with Gasteiger partial charge in [-0.05, 0) is 36.4 Å². The van der Waals surface area contributed by atoms with Crippen molar-refractivity contribution in [3.63, 3.8) is 0 Å². The molecule has 0 radical (unpaired) electrons. The molecule has 0 atom stereocenters. The van der Waals surface area contributed by atoms with Crippen LogP contribution in [0.15, 0.2) is 65.3 Å². The van der Waals surface area contributed by atoms with Crippen molar-refractivity contribution in [1.29, 1.82) is 0 Å². The number of anilines is 2. The monoisotopic (exact) mass is 367 g/mol. The van der Waals surface area contributed by atoms with Crippen LogP contribution < -0.4 is 9.80 Å². The normalized spacial score (nSPS) is 15.2. The van der Waals surface area contributed by atoms with Gasteiger partial charge in [-0.25, -0.2) is 0 Å². The van der Waals surface area contributed by atoms with Crippen LogP contribution in [0.25, 0.3) is 10.9 Å². The van der Waals surface area contributed by atoms with E-state index >= 15 is 0 Å². The molecular weight excluding hydrogens is 350 g/mol. The summed E-state index contributed by atoms with van der Waals surface area (Å²) in [6, 6.07) is 19.1. The summed E-state index contributed by atoms with van der Waals surface area (Å²) in [5.74, 6) is 0. The van der Waals surface area contributed by atoms with E-state index in [1.807, 2.05) is 12.3 Å². The molecule has 0 bridgehead atoms. The molecule has 4 heteroatoms. The molecule has 23 heavy (non-hydrogen) atoms.